The lowest BCUT2D eigenvalue weighted by Gasteiger charge is -2.26. The minimum atomic E-state index is -0.214. The van der Waals surface area contributed by atoms with Crippen molar-refractivity contribution in [2.45, 2.75) is 43.9 Å². The number of rotatable bonds is 2. The SMILES string of the molecule is OC1CCC2OC(Cc3ccc(Cl)cc3)=NC2C1. The molecular formula is C14H16ClNO2. The van der Waals surface area contributed by atoms with Crippen molar-refractivity contribution in [2.75, 3.05) is 0 Å². The molecule has 1 aliphatic carbocycles. The van der Waals surface area contributed by atoms with E-state index >= 15 is 0 Å². The number of halogens is 1. The molecule has 2 aliphatic rings. The number of fused-ring (bicyclic) bond motifs is 1. The van der Waals surface area contributed by atoms with Crippen molar-refractivity contribution >= 4 is 17.5 Å². The molecule has 3 nitrogen and oxygen atoms in total. The summed E-state index contributed by atoms with van der Waals surface area (Å²) in [6.07, 6.45) is 3.13. The maximum absolute atomic E-state index is 9.62. The van der Waals surface area contributed by atoms with Gasteiger partial charge < -0.3 is 9.84 Å². The van der Waals surface area contributed by atoms with Crippen molar-refractivity contribution < 1.29 is 9.84 Å². The Hall–Kier alpha value is -1.06. The van der Waals surface area contributed by atoms with Gasteiger partial charge >= 0.3 is 0 Å². The van der Waals surface area contributed by atoms with Gasteiger partial charge in [0.2, 0.25) is 0 Å². The fourth-order valence-corrected chi connectivity index (χ4v) is 2.75. The van der Waals surface area contributed by atoms with E-state index in [1.165, 1.54) is 0 Å². The molecule has 0 saturated heterocycles. The van der Waals surface area contributed by atoms with Crippen LogP contribution < -0.4 is 0 Å². The lowest BCUT2D eigenvalue weighted by molar-refractivity contribution is 0.0616. The van der Waals surface area contributed by atoms with E-state index in [1.54, 1.807) is 0 Å². The minimum absolute atomic E-state index is 0.149. The van der Waals surface area contributed by atoms with Crippen LogP contribution in [0.25, 0.3) is 0 Å². The van der Waals surface area contributed by atoms with Crippen molar-refractivity contribution in [2.24, 2.45) is 4.99 Å². The van der Waals surface area contributed by atoms with Crippen molar-refractivity contribution in [3.8, 4) is 0 Å². The van der Waals surface area contributed by atoms with Gasteiger partial charge in [-0.05, 0) is 37.0 Å². The first-order valence-corrected chi connectivity index (χ1v) is 6.74. The highest BCUT2D eigenvalue weighted by Crippen LogP contribution is 2.29. The number of hydrogen-bond donors (Lipinski definition) is 1. The van der Waals surface area contributed by atoms with Gasteiger partial charge in [0.25, 0.3) is 0 Å². The first-order chi connectivity index (χ1) is 8.70. The van der Waals surface area contributed by atoms with Crippen molar-refractivity contribution in [1.29, 1.82) is 0 Å². The highest BCUT2D eigenvalue weighted by Gasteiger charge is 2.36. The summed E-state index contributed by atoms with van der Waals surface area (Å²) >= 11 is 5.85. The second kappa shape index (κ2) is 4.90. The fraction of sp³-hybridized carbons (Fsp3) is 0.500. The van der Waals surface area contributed by atoms with E-state index in [0.717, 1.165) is 35.7 Å². The molecule has 1 saturated carbocycles. The van der Waals surface area contributed by atoms with Gasteiger partial charge in [-0.3, -0.25) is 0 Å². The second-order valence-corrected chi connectivity index (χ2v) is 5.45. The lowest BCUT2D eigenvalue weighted by atomic mass is 9.91. The third kappa shape index (κ3) is 2.52. The number of ether oxygens (including phenoxy) is 1. The summed E-state index contributed by atoms with van der Waals surface area (Å²) in [5.74, 6) is 0.793. The molecule has 0 aromatic heterocycles. The quantitative estimate of drug-likeness (QED) is 0.893. The molecule has 1 aromatic rings. The summed E-state index contributed by atoms with van der Waals surface area (Å²) in [5, 5.41) is 10.4. The Labute approximate surface area is 111 Å². The van der Waals surface area contributed by atoms with Gasteiger partial charge in [0.1, 0.15) is 6.10 Å². The predicted octanol–water partition coefficient (Wildman–Crippen LogP) is 2.59. The Morgan fingerprint density at radius 1 is 1.28 bits per heavy atom. The van der Waals surface area contributed by atoms with Gasteiger partial charge in [0.05, 0.1) is 12.1 Å². The summed E-state index contributed by atoms with van der Waals surface area (Å²) in [6, 6.07) is 7.89. The monoisotopic (exact) mass is 265 g/mol. The molecule has 1 aliphatic heterocycles. The van der Waals surface area contributed by atoms with Crippen molar-refractivity contribution in [3.63, 3.8) is 0 Å². The number of aliphatic hydroxyl groups is 1. The van der Waals surface area contributed by atoms with E-state index < -0.39 is 0 Å². The van der Waals surface area contributed by atoms with Crippen LogP contribution in [0.15, 0.2) is 29.3 Å². The number of benzene rings is 1. The smallest absolute Gasteiger partial charge is 0.188 e. The van der Waals surface area contributed by atoms with Crippen LogP contribution in [0.3, 0.4) is 0 Å². The summed E-state index contributed by atoms with van der Waals surface area (Å²) in [6.45, 7) is 0. The van der Waals surface area contributed by atoms with Crippen LogP contribution in [-0.2, 0) is 11.2 Å². The van der Waals surface area contributed by atoms with Crippen molar-refractivity contribution in [3.05, 3.63) is 34.9 Å². The molecule has 4 heteroatoms. The molecule has 18 heavy (non-hydrogen) atoms. The molecule has 1 N–H and O–H groups in total. The third-order valence-corrected chi connectivity index (χ3v) is 3.84. The molecule has 3 atom stereocenters. The van der Waals surface area contributed by atoms with Gasteiger partial charge in [-0.2, -0.15) is 0 Å². The zero-order valence-corrected chi connectivity index (χ0v) is 10.8. The van der Waals surface area contributed by atoms with Gasteiger partial charge in [-0.15, -0.1) is 0 Å². The Bertz CT molecular complexity index is 457. The number of aliphatic hydroxyl groups excluding tert-OH is 1. The molecule has 96 valence electrons. The third-order valence-electron chi connectivity index (χ3n) is 3.59. The Morgan fingerprint density at radius 2 is 2.06 bits per heavy atom. The fourth-order valence-electron chi connectivity index (χ4n) is 2.63. The normalized spacial score (nSPS) is 30.6. The van der Waals surface area contributed by atoms with Crippen LogP contribution in [-0.4, -0.2) is 29.3 Å². The largest absolute Gasteiger partial charge is 0.475 e. The van der Waals surface area contributed by atoms with Gasteiger partial charge in [-0.1, -0.05) is 23.7 Å². The Morgan fingerprint density at radius 3 is 2.83 bits per heavy atom. The second-order valence-electron chi connectivity index (χ2n) is 5.02. The molecule has 3 rings (SSSR count). The number of nitrogens with zero attached hydrogens (tertiary/aromatic N) is 1. The molecule has 0 spiro atoms. The van der Waals surface area contributed by atoms with Crippen LogP contribution >= 0.6 is 11.6 Å². The van der Waals surface area contributed by atoms with E-state index in [-0.39, 0.29) is 18.2 Å². The molecule has 3 unspecified atom stereocenters. The zero-order valence-electron chi connectivity index (χ0n) is 10.1. The topological polar surface area (TPSA) is 41.8 Å². The summed E-state index contributed by atoms with van der Waals surface area (Å²) in [5.41, 5.74) is 1.15. The summed E-state index contributed by atoms with van der Waals surface area (Å²) in [7, 11) is 0. The Kier molecular flexibility index (Phi) is 3.27. The first-order valence-electron chi connectivity index (χ1n) is 6.36. The average Bonchev–Trinajstić information content (AvgIpc) is 2.73. The van der Waals surface area contributed by atoms with Crippen LogP contribution in [0.2, 0.25) is 5.02 Å². The van der Waals surface area contributed by atoms with E-state index in [2.05, 4.69) is 4.99 Å². The molecular weight excluding hydrogens is 250 g/mol. The number of hydrogen-bond acceptors (Lipinski definition) is 3. The average molecular weight is 266 g/mol. The predicted molar refractivity (Wildman–Crippen MR) is 71.1 cm³/mol. The molecule has 1 fully saturated rings. The van der Waals surface area contributed by atoms with Crippen LogP contribution in [0, 0.1) is 0 Å². The van der Waals surface area contributed by atoms with E-state index in [0.29, 0.717) is 6.42 Å². The number of aliphatic imine (C=N–C) groups is 1. The van der Waals surface area contributed by atoms with E-state index in [1.807, 2.05) is 24.3 Å². The van der Waals surface area contributed by atoms with Gasteiger partial charge in [0, 0.05) is 11.4 Å². The Balaban J connectivity index is 1.67. The highest BCUT2D eigenvalue weighted by atomic mass is 35.5. The molecule has 0 bridgehead atoms. The minimum Gasteiger partial charge on any atom is -0.475 e. The van der Waals surface area contributed by atoms with E-state index in [9.17, 15) is 5.11 Å². The van der Waals surface area contributed by atoms with Crippen LogP contribution in [0.4, 0.5) is 0 Å². The summed E-state index contributed by atoms with van der Waals surface area (Å²) in [4.78, 5) is 4.58. The first kappa shape index (κ1) is 12.0. The lowest BCUT2D eigenvalue weighted by Crippen LogP contribution is -2.33. The maximum atomic E-state index is 9.62. The van der Waals surface area contributed by atoms with Gasteiger partial charge in [-0.25, -0.2) is 4.99 Å². The van der Waals surface area contributed by atoms with E-state index in [4.69, 9.17) is 16.3 Å². The summed E-state index contributed by atoms with van der Waals surface area (Å²) < 4.78 is 5.85. The van der Waals surface area contributed by atoms with Crippen molar-refractivity contribution in [1.82, 2.24) is 0 Å². The molecule has 0 amide bonds. The maximum Gasteiger partial charge on any atom is 0.188 e. The zero-order chi connectivity index (χ0) is 12.5. The highest BCUT2D eigenvalue weighted by molar-refractivity contribution is 6.30. The molecule has 1 heterocycles. The molecule has 1 aromatic carbocycles. The standard InChI is InChI=1S/C14H16ClNO2/c15-10-3-1-9(2-4-10)7-14-16-12-8-11(17)5-6-13(12)18-14/h1-4,11-13,17H,5-8H2. The van der Waals surface area contributed by atoms with Crippen LogP contribution in [0.1, 0.15) is 24.8 Å². The molecule has 0 radical (unpaired) electrons. The van der Waals surface area contributed by atoms with Gasteiger partial charge in [0.15, 0.2) is 5.90 Å². The van der Waals surface area contributed by atoms with Crippen LogP contribution in [0.5, 0.6) is 0 Å².